The Morgan fingerprint density at radius 3 is 2.33 bits per heavy atom. The van der Waals surface area contributed by atoms with Crippen molar-refractivity contribution in [3.05, 3.63) is 0 Å². The number of carbonyl (C=O) groups is 1. The SMILES string of the molecule is CCCC(CCN)CCC(=O)C1CCCCCC1. The highest BCUT2D eigenvalue weighted by atomic mass is 16.1. The van der Waals surface area contributed by atoms with Gasteiger partial charge in [0.05, 0.1) is 0 Å². The van der Waals surface area contributed by atoms with E-state index < -0.39 is 0 Å². The first-order valence-corrected chi connectivity index (χ1v) is 8.00. The topological polar surface area (TPSA) is 43.1 Å². The monoisotopic (exact) mass is 253 g/mol. The number of nitrogens with two attached hydrogens (primary N) is 1. The molecular weight excluding hydrogens is 222 g/mol. The minimum absolute atomic E-state index is 0.382. The van der Waals surface area contributed by atoms with Crippen LogP contribution in [0.2, 0.25) is 0 Å². The molecule has 2 nitrogen and oxygen atoms in total. The lowest BCUT2D eigenvalue weighted by Gasteiger charge is -2.17. The molecule has 0 spiro atoms. The zero-order valence-corrected chi connectivity index (χ0v) is 12.1. The molecule has 1 aliphatic carbocycles. The maximum atomic E-state index is 12.2. The molecule has 1 atom stereocenters. The van der Waals surface area contributed by atoms with E-state index in [0.717, 1.165) is 38.6 Å². The van der Waals surface area contributed by atoms with Crippen molar-refractivity contribution in [1.29, 1.82) is 0 Å². The number of hydrogen-bond donors (Lipinski definition) is 1. The number of carbonyl (C=O) groups excluding carboxylic acids is 1. The van der Waals surface area contributed by atoms with E-state index in [9.17, 15) is 4.79 Å². The minimum atomic E-state index is 0.382. The first-order chi connectivity index (χ1) is 8.77. The predicted octanol–water partition coefficient (Wildman–Crippen LogP) is 4.07. The summed E-state index contributed by atoms with van der Waals surface area (Å²) in [5.41, 5.74) is 5.64. The molecule has 1 unspecified atom stereocenters. The van der Waals surface area contributed by atoms with Crippen molar-refractivity contribution in [3.63, 3.8) is 0 Å². The second-order valence-corrected chi connectivity index (χ2v) is 5.93. The molecule has 0 amide bonds. The van der Waals surface area contributed by atoms with E-state index in [4.69, 9.17) is 5.73 Å². The van der Waals surface area contributed by atoms with Gasteiger partial charge < -0.3 is 5.73 Å². The summed E-state index contributed by atoms with van der Waals surface area (Å²) >= 11 is 0. The van der Waals surface area contributed by atoms with E-state index in [1.54, 1.807) is 0 Å². The van der Waals surface area contributed by atoms with Gasteiger partial charge in [-0.3, -0.25) is 4.79 Å². The van der Waals surface area contributed by atoms with Gasteiger partial charge in [-0.25, -0.2) is 0 Å². The fourth-order valence-electron chi connectivity index (χ4n) is 3.23. The van der Waals surface area contributed by atoms with Gasteiger partial charge in [-0.2, -0.15) is 0 Å². The Morgan fingerprint density at radius 2 is 1.78 bits per heavy atom. The van der Waals surface area contributed by atoms with Crippen molar-refractivity contribution in [3.8, 4) is 0 Å². The molecule has 106 valence electrons. The first-order valence-electron chi connectivity index (χ1n) is 8.00. The minimum Gasteiger partial charge on any atom is -0.330 e. The Morgan fingerprint density at radius 1 is 1.11 bits per heavy atom. The maximum Gasteiger partial charge on any atom is 0.135 e. The van der Waals surface area contributed by atoms with Gasteiger partial charge in [0.2, 0.25) is 0 Å². The maximum absolute atomic E-state index is 12.2. The van der Waals surface area contributed by atoms with Crippen LogP contribution in [0.15, 0.2) is 0 Å². The molecule has 0 radical (unpaired) electrons. The second-order valence-electron chi connectivity index (χ2n) is 5.93. The van der Waals surface area contributed by atoms with Crippen molar-refractivity contribution >= 4 is 5.78 Å². The summed E-state index contributed by atoms with van der Waals surface area (Å²) in [7, 11) is 0. The third kappa shape index (κ3) is 5.99. The van der Waals surface area contributed by atoms with Gasteiger partial charge in [0.25, 0.3) is 0 Å². The molecular formula is C16H31NO. The zero-order chi connectivity index (χ0) is 13.2. The Hall–Kier alpha value is -0.370. The molecule has 0 heterocycles. The quantitative estimate of drug-likeness (QED) is 0.663. The summed E-state index contributed by atoms with van der Waals surface area (Å²) in [6.07, 6.45) is 12.9. The van der Waals surface area contributed by atoms with Gasteiger partial charge in [-0.1, -0.05) is 45.4 Å². The number of ketones is 1. The molecule has 0 aliphatic heterocycles. The molecule has 0 aromatic heterocycles. The molecule has 18 heavy (non-hydrogen) atoms. The van der Waals surface area contributed by atoms with Crippen molar-refractivity contribution in [2.45, 2.75) is 77.6 Å². The van der Waals surface area contributed by atoms with Crippen LogP contribution in [0.25, 0.3) is 0 Å². The standard InChI is InChI=1S/C16H31NO/c1-2-7-14(12-13-17)10-11-16(18)15-8-5-3-4-6-9-15/h14-15H,2-13,17H2,1H3. The third-order valence-corrected chi connectivity index (χ3v) is 4.38. The van der Waals surface area contributed by atoms with Crippen LogP contribution < -0.4 is 5.73 Å². The van der Waals surface area contributed by atoms with E-state index in [1.807, 2.05) is 0 Å². The zero-order valence-electron chi connectivity index (χ0n) is 12.1. The summed E-state index contributed by atoms with van der Waals surface area (Å²) < 4.78 is 0. The summed E-state index contributed by atoms with van der Waals surface area (Å²) in [5, 5.41) is 0. The van der Waals surface area contributed by atoms with Crippen LogP contribution in [0.4, 0.5) is 0 Å². The van der Waals surface area contributed by atoms with Crippen LogP contribution in [0.5, 0.6) is 0 Å². The molecule has 1 aliphatic rings. The van der Waals surface area contributed by atoms with Crippen molar-refractivity contribution in [2.75, 3.05) is 6.54 Å². The average Bonchev–Trinajstić information content (AvgIpc) is 2.65. The Labute approximate surface area is 113 Å². The van der Waals surface area contributed by atoms with Crippen LogP contribution in [0.1, 0.15) is 77.6 Å². The fourth-order valence-corrected chi connectivity index (χ4v) is 3.23. The molecule has 1 rings (SSSR count). The van der Waals surface area contributed by atoms with E-state index in [2.05, 4.69) is 6.92 Å². The summed E-state index contributed by atoms with van der Waals surface area (Å²) in [5.74, 6) is 1.59. The normalized spacial score (nSPS) is 19.4. The molecule has 0 saturated heterocycles. The van der Waals surface area contributed by atoms with Crippen molar-refractivity contribution < 1.29 is 4.79 Å². The Kier molecular flexibility index (Phi) is 8.32. The Bertz CT molecular complexity index is 213. The van der Waals surface area contributed by atoms with Crippen molar-refractivity contribution in [2.24, 2.45) is 17.6 Å². The van der Waals surface area contributed by atoms with Gasteiger partial charge in [0.15, 0.2) is 0 Å². The molecule has 0 aromatic rings. The Balaban J connectivity index is 2.28. The third-order valence-electron chi connectivity index (χ3n) is 4.38. The second kappa shape index (κ2) is 9.55. The van der Waals surface area contributed by atoms with Crippen molar-refractivity contribution in [1.82, 2.24) is 0 Å². The average molecular weight is 253 g/mol. The lowest BCUT2D eigenvalue weighted by atomic mass is 9.88. The predicted molar refractivity (Wildman–Crippen MR) is 77.5 cm³/mol. The summed E-state index contributed by atoms with van der Waals surface area (Å²) in [6, 6.07) is 0. The van der Waals surface area contributed by atoms with E-state index in [-0.39, 0.29) is 0 Å². The van der Waals surface area contributed by atoms with E-state index >= 15 is 0 Å². The smallest absolute Gasteiger partial charge is 0.135 e. The van der Waals surface area contributed by atoms with Crippen LogP contribution >= 0.6 is 0 Å². The van der Waals surface area contributed by atoms with Crippen LogP contribution in [0, 0.1) is 11.8 Å². The van der Waals surface area contributed by atoms with Crippen LogP contribution in [-0.4, -0.2) is 12.3 Å². The lowest BCUT2D eigenvalue weighted by molar-refractivity contribution is -0.123. The largest absolute Gasteiger partial charge is 0.330 e. The molecule has 2 heteroatoms. The molecule has 0 aromatic carbocycles. The van der Waals surface area contributed by atoms with Gasteiger partial charge in [0.1, 0.15) is 5.78 Å². The van der Waals surface area contributed by atoms with Crippen LogP contribution in [-0.2, 0) is 4.79 Å². The highest BCUT2D eigenvalue weighted by Crippen LogP contribution is 2.26. The van der Waals surface area contributed by atoms with Gasteiger partial charge in [-0.15, -0.1) is 0 Å². The van der Waals surface area contributed by atoms with E-state index in [1.165, 1.54) is 38.5 Å². The number of rotatable bonds is 8. The van der Waals surface area contributed by atoms with E-state index in [0.29, 0.717) is 17.6 Å². The number of Topliss-reactive ketones (excluding diaryl/α,β-unsaturated/α-hetero) is 1. The molecule has 1 fully saturated rings. The first kappa shape index (κ1) is 15.7. The number of hydrogen-bond acceptors (Lipinski definition) is 2. The van der Waals surface area contributed by atoms with Gasteiger partial charge in [-0.05, 0) is 38.1 Å². The van der Waals surface area contributed by atoms with Crippen LogP contribution in [0.3, 0.4) is 0 Å². The van der Waals surface area contributed by atoms with Gasteiger partial charge >= 0.3 is 0 Å². The van der Waals surface area contributed by atoms with Gasteiger partial charge in [0, 0.05) is 12.3 Å². The highest BCUT2D eigenvalue weighted by molar-refractivity contribution is 5.80. The lowest BCUT2D eigenvalue weighted by Crippen LogP contribution is -2.16. The molecule has 1 saturated carbocycles. The summed E-state index contributed by atoms with van der Waals surface area (Å²) in [4.78, 5) is 12.2. The molecule has 0 bridgehead atoms. The summed E-state index contributed by atoms with van der Waals surface area (Å²) in [6.45, 7) is 2.99. The highest BCUT2D eigenvalue weighted by Gasteiger charge is 2.20. The molecule has 2 N–H and O–H groups in total. The fraction of sp³-hybridized carbons (Fsp3) is 0.938.